The largest absolute Gasteiger partial charge is 0.508 e. The van der Waals surface area contributed by atoms with Crippen LogP contribution in [0.25, 0.3) is 22.3 Å². The van der Waals surface area contributed by atoms with Crippen LogP contribution in [0.5, 0.6) is 23.0 Å². The topological polar surface area (TPSA) is 77.4 Å². The molecule has 0 saturated carbocycles. The van der Waals surface area contributed by atoms with Gasteiger partial charge in [0.2, 0.25) is 0 Å². The summed E-state index contributed by atoms with van der Waals surface area (Å²) in [5, 5.41) is 18.9. The molecule has 3 atom stereocenters. The van der Waals surface area contributed by atoms with Crippen LogP contribution in [-0.2, 0) is 9.47 Å². The molecule has 0 fully saturated rings. The molecule has 0 bridgehead atoms. The molecule has 0 aliphatic carbocycles. The summed E-state index contributed by atoms with van der Waals surface area (Å²) >= 11 is 0. The Labute approximate surface area is 230 Å². The van der Waals surface area contributed by atoms with Crippen LogP contribution in [0, 0.1) is 0 Å². The highest BCUT2D eigenvalue weighted by Gasteiger charge is 2.11. The minimum Gasteiger partial charge on any atom is -0.508 e. The number of ether oxygens (including phenoxy) is 4. The Morgan fingerprint density at radius 1 is 0.462 bits per heavy atom. The van der Waals surface area contributed by atoms with Gasteiger partial charge in [-0.25, -0.2) is 0 Å². The van der Waals surface area contributed by atoms with Gasteiger partial charge in [-0.3, -0.25) is 0 Å². The smallest absolute Gasteiger partial charge is 0.119 e. The van der Waals surface area contributed by atoms with Crippen molar-refractivity contribution in [1.82, 2.24) is 0 Å². The fraction of sp³-hybridized carbons (Fsp3) is 0.273. The molecule has 0 heterocycles. The molecule has 0 spiro atoms. The van der Waals surface area contributed by atoms with Gasteiger partial charge in [-0.2, -0.15) is 0 Å². The summed E-state index contributed by atoms with van der Waals surface area (Å²) in [6, 6.07) is 30.0. The Balaban J connectivity index is 1.12. The van der Waals surface area contributed by atoms with Crippen molar-refractivity contribution in [2.45, 2.75) is 39.1 Å². The number of hydrogen-bond donors (Lipinski definition) is 2. The van der Waals surface area contributed by atoms with Crippen molar-refractivity contribution < 1.29 is 29.2 Å². The van der Waals surface area contributed by atoms with Gasteiger partial charge >= 0.3 is 0 Å². The number of aromatic hydroxyl groups is 2. The van der Waals surface area contributed by atoms with Crippen LogP contribution < -0.4 is 9.47 Å². The van der Waals surface area contributed by atoms with Crippen molar-refractivity contribution >= 4 is 0 Å². The molecule has 0 amide bonds. The zero-order chi connectivity index (χ0) is 27.6. The van der Waals surface area contributed by atoms with Crippen molar-refractivity contribution in [2.24, 2.45) is 0 Å². The SMILES string of the molecule is CC(COCC(C)Oc1ccc(-c2ccc(O)cc2)cc1)OCC(C)Oc1ccc(-c2ccc(O)cc2)cc1. The summed E-state index contributed by atoms with van der Waals surface area (Å²) in [6.07, 6.45) is -0.299. The minimum atomic E-state index is -0.112. The lowest BCUT2D eigenvalue weighted by Crippen LogP contribution is -2.27. The molecular weight excluding hydrogens is 492 g/mol. The first kappa shape index (κ1) is 28.0. The highest BCUT2D eigenvalue weighted by atomic mass is 16.6. The zero-order valence-electron chi connectivity index (χ0n) is 22.6. The molecule has 39 heavy (non-hydrogen) atoms. The molecular formula is C33H36O6. The molecule has 0 aromatic heterocycles. The zero-order valence-corrected chi connectivity index (χ0v) is 22.6. The third kappa shape index (κ3) is 8.77. The molecule has 3 unspecified atom stereocenters. The molecule has 6 heteroatoms. The average molecular weight is 529 g/mol. The van der Waals surface area contributed by atoms with Gasteiger partial charge in [0.1, 0.15) is 35.2 Å². The molecule has 0 saturated heterocycles. The number of hydrogen-bond acceptors (Lipinski definition) is 6. The van der Waals surface area contributed by atoms with Gasteiger partial charge < -0.3 is 29.2 Å². The molecule has 4 aromatic carbocycles. The molecule has 4 rings (SSSR count). The van der Waals surface area contributed by atoms with Crippen LogP contribution >= 0.6 is 0 Å². The molecule has 0 aliphatic heterocycles. The van der Waals surface area contributed by atoms with Crippen molar-refractivity contribution in [3.63, 3.8) is 0 Å². The molecule has 0 aliphatic rings. The first-order valence-corrected chi connectivity index (χ1v) is 13.2. The maximum absolute atomic E-state index is 9.46. The summed E-state index contributed by atoms with van der Waals surface area (Å²) in [5.41, 5.74) is 4.18. The standard InChI is InChI=1S/C33H36O6/c1-23(37-22-25(3)39-33-18-10-29(11-19-33)27-6-14-31(35)15-7-27)20-36-21-24(2)38-32-16-8-28(9-17-32)26-4-12-30(34)13-5-26/h4-19,23-25,34-35H,20-22H2,1-3H3. The van der Waals surface area contributed by atoms with Crippen molar-refractivity contribution in [3.8, 4) is 45.3 Å². The van der Waals surface area contributed by atoms with E-state index in [0.29, 0.717) is 19.8 Å². The normalized spacial score (nSPS) is 13.4. The summed E-state index contributed by atoms with van der Waals surface area (Å²) in [6.45, 7) is 7.29. The first-order chi connectivity index (χ1) is 18.9. The second-order valence-corrected chi connectivity index (χ2v) is 9.68. The summed E-state index contributed by atoms with van der Waals surface area (Å²) < 4.78 is 23.7. The summed E-state index contributed by atoms with van der Waals surface area (Å²) in [7, 11) is 0. The van der Waals surface area contributed by atoms with Crippen molar-refractivity contribution in [1.29, 1.82) is 0 Å². The highest BCUT2D eigenvalue weighted by molar-refractivity contribution is 5.65. The summed E-state index contributed by atoms with van der Waals surface area (Å²) in [5.74, 6) is 2.06. The van der Waals surface area contributed by atoms with E-state index < -0.39 is 0 Å². The molecule has 2 N–H and O–H groups in total. The highest BCUT2D eigenvalue weighted by Crippen LogP contribution is 2.26. The maximum atomic E-state index is 9.46. The van der Waals surface area contributed by atoms with E-state index in [0.717, 1.165) is 33.8 Å². The number of rotatable bonds is 13. The Bertz CT molecular complexity index is 1270. The second-order valence-electron chi connectivity index (χ2n) is 9.68. The molecule has 4 aromatic rings. The van der Waals surface area contributed by atoms with Gasteiger partial charge in [0.05, 0.1) is 25.9 Å². The van der Waals surface area contributed by atoms with Gasteiger partial charge in [0, 0.05) is 0 Å². The van der Waals surface area contributed by atoms with Gasteiger partial charge in [0.15, 0.2) is 0 Å². The van der Waals surface area contributed by atoms with Crippen molar-refractivity contribution in [2.75, 3.05) is 19.8 Å². The molecule has 204 valence electrons. The van der Waals surface area contributed by atoms with Crippen LogP contribution in [0.1, 0.15) is 20.8 Å². The fourth-order valence-corrected chi connectivity index (χ4v) is 4.04. The lowest BCUT2D eigenvalue weighted by atomic mass is 10.1. The van der Waals surface area contributed by atoms with E-state index in [2.05, 4.69) is 0 Å². The van der Waals surface area contributed by atoms with E-state index in [1.54, 1.807) is 24.3 Å². The van der Waals surface area contributed by atoms with Gasteiger partial charge in [-0.1, -0.05) is 48.5 Å². The second kappa shape index (κ2) is 13.7. The van der Waals surface area contributed by atoms with E-state index in [9.17, 15) is 10.2 Å². The quantitative estimate of drug-likeness (QED) is 0.193. The Morgan fingerprint density at radius 3 is 1.21 bits per heavy atom. The lowest BCUT2D eigenvalue weighted by molar-refractivity contribution is -0.0428. The number of phenols is 2. The van der Waals surface area contributed by atoms with Gasteiger partial charge in [0.25, 0.3) is 0 Å². The maximum Gasteiger partial charge on any atom is 0.119 e. The predicted octanol–water partition coefficient (Wildman–Crippen LogP) is 7.09. The number of phenolic OH excluding ortho intramolecular Hbond substituents is 2. The first-order valence-electron chi connectivity index (χ1n) is 13.2. The third-order valence-electron chi connectivity index (χ3n) is 6.11. The monoisotopic (exact) mass is 528 g/mol. The minimum absolute atomic E-state index is 0.0790. The fourth-order valence-electron chi connectivity index (χ4n) is 4.04. The van der Waals surface area contributed by atoms with E-state index in [4.69, 9.17) is 18.9 Å². The predicted molar refractivity (Wildman–Crippen MR) is 153 cm³/mol. The Kier molecular flexibility index (Phi) is 9.84. The van der Waals surface area contributed by atoms with E-state index in [1.165, 1.54) is 0 Å². The van der Waals surface area contributed by atoms with Crippen LogP contribution in [-0.4, -0.2) is 48.3 Å². The van der Waals surface area contributed by atoms with Crippen LogP contribution in [0.2, 0.25) is 0 Å². The van der Waals surface area contributed by atoms with E-state index >= 15 is 0 Å². The lowest BCUT2D eigenvalue weighted by Gasteiger charge is -2.20. The van der Waals surface area contributed by atoms with Gasteiger partial charge in [-0.05, 0) is 91.6 Å². The number of benzene rings is 4. The average Bonchev–Trinajstić information content (AvgIpc) is 2.94. The van der Waals surface area contributed by atoms with Crippen LogP contribution in [0.4, 0.5) is 0 Å². The van der Waals surface area contributed by atoms with Crippen molar-refractivity contribution in [3.05, 3.63) is 97.1 Å². The Hall–Kier alpha value is -4.00. The van der Waals surface area contributed by atoms with Crippen LogP contribution in [0.3, 0.4) is 0 Å². The van der Waals surface area contributed by atoms with E-state index in [1.807, 2.05) is 93.6 Å². The third-order valence-corrected chi connectivity index (χ3v) is 6.11. The summed E-state index contributed by atoms with van der Waals surface area (Å²) in [4.78, 5) is 0. The van der Waals surface area contributed by atoms with Crippen LogP contribution in [0.15, 0.2) is 97.1 Å². The Morgan fingerprint density at radius 2 is 0.795 bits per heavy atom. The molecule has 0 radical (unpaired) electrons. The van der Waals surface area contributed by atoms with E-state index in [-0.39, 0.29) is 29.8 Å². The van der Waals surface area contributed by atoms with Gasteiger partial charge in [-0.15, -0.1) is 0 Å². The molecule has 6 nitrogen and oxygen atoms in total.